The molecule has 122 valence electrons. The fourth-order valence-electron chi connectivity index (χ4n) is 2.22. The van der Waals surface area contributed by atoms with Gasteiger partial charge in [0.1, 0.15) is 17.2 Å². The molecule has 6 heteroatoms. The lowest BCUT2D eigenvalue weighted by molar-refractivity contribution is -0.114. The monoisotopic (exact) mass is 357 g/mol. The standard InChI is InChI=1S/C18H15NO3S2/c1-12(20)19-17-16(14(11-24-17)15-8-5-9-23-15)18(21)22-10-13-6-3-2-4-7-13/h2-9,11H,10H2,1H3,(H,19,20). The van der Waals surface area contributed by atoms with Crippen molar-refractivity contribution in [2.45, 2.75) is 13.5 Å². The van der Waals surface area contributed by atoms with Crippen LogP contribution in [0.25, 0.3) is 10.4 Å². The van der Waals surface area contributed by atoms with Gasteiger partial charge in [-0.05, 0) is 17.0 Å². The molecule has 0 atom stereocenters. The van der Waals surface area contributed by atoms with Crippen molar-refractivity contribution in [1.29, 1.82) is 0 Å². The van der Waals surface area contributed by atoms with Gasteiger partial charge in [0.25, 0.3) is 0 Å². The van der Waals surface area contributed by atoms with E-state index >= 15 is 0 Å². The van der Waals surface area contributed by atoms with Gasteiger partial charge in [0.05, 0.1) is 0 Å². The predicted molar refractivity (Wildman–Crippen MR) is 97.5 cm³/mol. The molecule has 0 unspecified atom stereocenters. The number of hydrogen-bond donors (Lipinski definition) is 1. The summed E-state index contributed by atoms with van der Waals surface area (Å²) in [6.45, 7) is 1.61. The molecule has 0 bridgehead atoms. The predicted octanol–water partition coefficient (Wildman–Crippen LogP) is 4.79. The van der Waals surface area contributed by atoms with Gasteiger partial charge in [0, 0.05) is 22.7 Å². The summed E-state index contributed by atoms with van der Waals surface area (Å²) in [6, 6.07) is 13.4. The van der Waals surface area contributed by atoms with Gasteiger partial charge in [-0.15, -0.1) is 22.7 Å². The van der Waals surface area contributed by atoms with Crippen LogP contribution >= 0.6 is 22.7 Å². The first-order chi connectivity index (χ1) is 11.6. The zero-order valence-corrected chi connectivity index (χ0v) is 14.6. The smallest absolute Gasteiger partial charge is 0.342 e. The van der Waals surface area contributed by atoms with Crippen molar-refractivity contribution in [2.24, 2.45) is 0 Å². The second-order valence-corrected chi connectivity index (χ2v) is 6.90. The maximum atomic E-state index is 12.6. The van der Waals surface area contributed by atoms with Gasteiger partial charge in [-0.1, -0.05) is 36.4 Å². The van der Waals surface area contributed by atoms with Crippen LogP contribution in [0.1, 0.15) is 22.8 Å². The van der Waals surface area contributed by atoms with Crippen molar-refractivity contribution in [3.8, 4) is 10.4 Å². The fraction of sp³-hybridized carbons (Fsp3) is 0.111. The largest absolute Gasteiger partial charge is 0.457 e. The Bertz CT molecular complexity index is 839. The molecule has 3 rings (SSSR count). The second-order valence-electron chi connectivity index (χ2n) is 5.07. The Kier molecular flexibility index (Phi) is 5.08. The van der Waals surface area contributed by atoms with Gasteiger partial charge in [-0.3, -0.25) is 4.79 Å². The molecule has 0 aliphatic rings. The maximum Gasteiger partial charge on any atom is 0.342 e. The zero-order chi connectivity index (χ0) is 16.9. The number of amides is 1. The number of benzene rings is 1. The molecule has 0 radical (unpaired) electrons. The quantitative estimate of drug-likeness (QED) is 0.668. The van der Waals surface area contributed by atoms with Crippen molar-refractivity contribution in [1.82, 2.24) is 0 Å². The Balaban J connectivity index is 1.87. The molecular formula is C18H15NO3S2. The topological polar surface area (TPSA) is 55.4 Å². The number of carbonyl (C=O) groups excluding carboxylic acids is 2. The van der Waals surface area contributed by atoms with Crippen LogP contribution < -0.4 is 5.32 Å². The first-order valence-electron chi connectivity index (χ1n) is 7.29. The molecule has 0 aliphatic carbocycles. The van der Waals surface area contributed by atoms with E-state index in [0.717, 1.165) is 16.0 Å². The molecule has 1 N–H and O–H groups in total. The molecule has 24 heavy (non-hydrogen) atoms. The summed E-state index contributed by atoms with van der Waals surface area (Å²) in [5.41, 5.74) is 2.12. The maximum absolute atomic E-state index is 12.6. The molecule has 0 spiro atoms. The van der Waals surface area contributed by atoms with Crippen molar-refractivity contribution in [2.75, 3.05) is 5.32 Å². The first kappa shape index (κ1) is 16.4. The van der Waals surface area contributed by atoms with E-state index in [0.29, 0.717) is 10.6 Å². The first-order valence-corrected chi connectivity index (χ1v) is 9.05. The number of thiophene rings is 2. The molecule has 4 nitrogen and oxygen atoms in total. The lowest BCUT2D eigenvalue weighted by Crippen LogP contribution is -2.11. The Morgan fingerprint density at radius 2 is 1.88 bits per heavy atom. The van der Waals surface area contributed by atoms with Crippen LogP contribution in [-0.2, 0) is 16.1 Å². The van der Waals surface area contributed by atoms with E-state index in [1.165, 1.54) is 18.3 Å². The molecule has 0 aliphatic heterocycles. The Morgan fingerprint density at radius 1 is 1.08 bits per heavy atom. The van der Waals surface area contributed by atoms with Crippen molar-refractivity contribution in [3.63, 3.8) is 0 Å². The summed E-state index contributed by atoms with van der Waals surface area (Å²) >= 11 is 2.87. The van der Waals surface area contributed by atoms with Crippen LogP contribution in [0.2, 0.25) is 0 Å². The molecule has 1 amide bonds. The molecule has 3 aromatic rings. The lowest BCUT2D eigenvalue weighted by atomic mass is 10.1. The van der Waals surface area contributed by atoms with Gasteiger partial charge in [-0.2, -0.15) is 0 Å². The third-order valence-electron chi connectivity index (χ3n) is 3.28. The zero-order valence-electron chi connectivity index (χ0n) is 12.9. The average molecular weight is 357 g/mol. The third kappa shape index (κ3) is 3.72. The van der Waals surface area contributed by atoms with E-state index in [4.69, 9.17) is 4.74 Å². The lowest BCUT2D eigenvalue weighted by Gasteiger charge is -2.08. The summed E-state index contributed by atoms with van der Waals surface area (Å²) in [6.07, 6.45) is 0. The number of carbonyl (C=O) groups is 2. The molecular weight excluding hydrogens is 342 g/mol. The number of hydrogen-bond acceptors (Lipinski definition) is 5. The van der Waals surface area contributed by atoms with Crippen LogP contribution in [0.4, 0.5) is 5.00 Å². The van der Waals surface area contributed by atoms with E-state index in [1.807, 2.05) is 53.2 Å². The Morgan fingerprint density at radius 3 is 2.54 bits per heavy atom. The van der Waals surface area contributed by atoms with Crippen molar-refractivity contribution in [3.05, 3.63) is 64.4 Å². The summed E-state index contributed by atoms with van der Waals surface area (Å²) in [5, 5.41) is 7.06. The van der Waals surface area contributed by atoms with Crippen LogP contribution in [0.15, 0.2) is 53.2 Å². The van der Waals surface area contributed by atoms with Crippen LogP contribution in [0, 0.1) is 0 Å². The van der Waals surface area contributed by atoms with E-state index in [2.05, 4.69) is 5.32 Å². The minimum atomic E-state index is -0.438. The molecule has 0 saturated heterocycles. The van der Waals surface area contributed by atoms with Crippen LogP contribution in [-0.4, -0.2) is 11.9 Å². The number of rotatable bonds is 5. The molecule has 2 heterocycles. The van der Waals surface area contributed by atoms with Crippen molar-refractivity contribution < 1.29 is 14.3 Å². The molecule has 2 aromatic heterocycles. The fourth-order valence-corrected chi connectivity index (χ4v) is 4.04. The summed E-state index contributed by atoms with van der Waals surface area (Å²) in [5.74, 6) is -0.654. The molecule has 0 saturated carbocycles. The molecule has 1 aromatic carbocycles. The highest BCUT2D eigenvalue weighted by Gasteiger charge is 2.22. The Hall–Kier alpha value is -2.44. The van der Waals surface area contributed by atoms with E-state index < -0.39 is 5.97 Å². The van der Waals surface area contributed by atoms with E-state index in [9.17, 15) is 9.59 Å². The number of nitrogens with one attached hydrogen (secondary N) is 1. The van der Waals surface area contributed by atoms with Crippen molar-refractivity contribution >= 4 is 39.6 Å². The van der Waals surface area contributed by atoms with Gasteiger partial charge < -0.3 is 10.1 Å². The summed E-state index contributed by atoms with van der Waals surface area (Å²) in [7, 11) is 0. The highest BCUT2D eigenvalue weighted by molar-refractivity contribution is 7.17. The van der Waals surface area contributed by atoms with Crippen LogP contribution in [0.3, 0.4) is 0 Å². The Labute approximate surface area is 147 Å². The van der Waals surface area contributed by atoms with E-state index in [1.54, 1.807) is 11.3 Å². The highest BCUT2D eigenvalue weighted by atomic mass is 32.1. The van der Waals surface area contributed by atoms with E-state index in [-0.39, 0.29) is 12.5 Å². The third-order valence-corrected chi connectivity index (χ3v) is 5.08. The van der Waals surface area contributed by atoms with Gasteiger partial charge in [0.2, 0.25) is 5.91 Å². The minimum Gasteiger partial charge on any atom is -0.457 e. The van der Waals surface area contributed by atoms with Gasteiger partial charge >= 0.3 is 5.97 Å². The number of esters is 1. The highest BCUT2D eigenvalue weighted by Crippen LogP contribution is 2.38. The summed E-state index contributed by atoms with van der Waals surface area (Å²) < 4.78 is 5.45. The number of ether oxygens (including phenoxy) is 1. The van der Waals surface area contributed by atoms with Gasteiger partial charge in [-0.25, -0.2) is 4.79 Å². The number of anilines is 1. The molecule has 0 fully saturated rings. The normalized spacial score (nSPS) is 10.4. The summed E-state index contributed by atoms with van der Waals surface area (Å²) in [4.78, 5) is 25.0. The van der Waals surface area contributed by atoms with Gasteiger partial charge in [0.15, 0.2) is 0 Å². The SMILES string of the molecule is CC(=O)Nc1scc(-c2cccs2)c1C(=O)OCc1ccccc1. The second kappa shape index (κ2) is 7.42. The average Bonchev–Trinajstić information content (AvgIpc) is 3.22. The van der Waals surface area contributed by atoms with Crippen LogP contribution in [0.5, 0.6) is 0 Å². The minimum absolute atomic E-state index is 0.193.